The normalized spacial score (nSPS) is 20.1. The van der Waals surface area contributed by atoms with Crippen molar-refractivity contribution < 1.29 is 32.5 Å². The molecular formula is C14H13F3N4O5. The van der Waals surface area contributed by atoms with Crippen LogP contribution in [0.4, 0.5) is 23.7 Å². The van der Waals surface area contributed by atoms with E-state index in [0.29, 0.717) is 4.90 Å². The number of hydrogen-bond acceptors (Lipinski definition) is 5. The third kappa shape index (κ3) is 3.90. The fourth-order valence-electron chi connectivity index (χ4n) is 2.37. The summed E-state index contributed by atoms with van der Waals surface area (Å²) in [5.74, 6) is -2.08. The van der Waals surface area contributed by atoms with Gasteiger partial charge in [0.05, 0.1) is 4.92 Å². The Morgan fingerprint density at radius 2 is 2.04 bits per heavy atom. The number of carbonyl (C=O) groups excluding carboxylic acids is 3. The zero-order valence-corrected chi connectivity index (χ0v) is 13.3. The fourth-order valence-corrected chi connectivity index (χ4v) is 2.37. The summed E-state index contributed by atoms with van der Waals surface area (Å²) in [6.45, 7) is -1.23. The lowest BCUT2D eigenvalue weighted by Crippen LogP contribution is -2.44. The fraction of sp³-hybridized carbons (Fsp3) is 0.357. The number of hydrogen-bond donors (Lipinski definition) is 2. The Morgan fingerprint density at radius 1 is 1.38 bits per heavy atom. The van der Waals surface area contributed by atoms with Gasteiger partial charge < -0.3 is 10.6 Å². The first-order valence-electron chi connectivity index (χ1n) is 7.16. The van der Waals surface area contributed by atoms with Gasteiger partial charge in [0.2, 0.25) is 5.91 Å². The van der Waals surface area contributed by atoms with Crippen molar-refractivity contribution in [3.63, 3.8) is 0 Å². The van der Waals surface area contributed by atoms with Crippen LogP contribution in [0.1, 0.15) is 12.5 Å². The molecule has 1 atom stereocenters. The number of nitrogens with zero attached hydrogens (tertiary/aromatic N) is 2. The summed E-state index contributed by atoms with van der Waals surface area (Å²) < 4.78 is 36.3. The summed E-state index contributed by atoms with van der Waals surface area (Å²) >= 11 is 0. The Morgan fingerprint density at radius 3 is 2.62 bits per heavy atom. The number of nitro groups is 1. The van der Waals surface area contributed by atoms with Crippen molar-refractivity contribution in [1.29, 1.82) is 0 Å². The topological polar surface area (TPSA) is 122 Å². The van der Waals surface area contributed by atoms with Crippen molar-refractivity contribution in [3.05, 3.63) is 39.9 Å². The number of imide groups is 1. The van der Waals surface area contributed by atoms with Crippen LogP contribution in [-0.2, 0) is 15.1 Å². The van der Waals surface area contributed by atoms with Gasteiger partial charge in [-0.3, -0.25) is 24.6 Å². The van der Waals surface area contributed by atoms with E-state index in [-0.39, 0.29) is 11.3 Å². The Hall–Kier alpha value is -3.18. The zero-order chi connectivity index (χ0) is 19.7. The summed E-state index contributed by atoms with van der Waals surface area (Å²) in [7, 11) is 0. The molecule has 0 radical (unpaired) electrons. The second-order valence-corrected chi connectivity index (χ2v) is 5.65. The number of non-ortho nitro benzene ring substituents is 1. The van der Waals surface area contributed by atoms with Crippen molar-refractivity contribution >= 4 is 23.5 Å². The third-order valence-corrected chi connectivity index (χ3v) is 3.70. The molecular weight excluding hydrogens is 361 g/mol. The van der Waals surface area contributed by atoms with Gasteiger partial charge in [-0.05, 0) is 12.5 Å². The number of amides is 4. The molecule has 1 aliphatic rings. The van der Waals surface area contributed by atoms with E-state index in [1.807, 2.05) is 0 Å². The second kappa shape index (κ2) is 6.61. The van der Waals surface area contributed by atoms with E-state index in [1.165, 1.54) is 25.1 Å². The molecule has 12 heteroatoms. The quantitative estimate of drug-likeness (QED) is 0.453. The van der Waals surface area contributed by atoms with E-state index in [9.17, 15) is 37.7 Å². The van der Waals surface area contributed by atoms with Gasteiger partial charge in [0.1, 0.15) is 18.6 Å². The minimum absolute atomic E-state index is 0.100. The minimum atomic E-state index is -4.63. The second-order valence-electron chi connectivity index (χ2n) is 5.65. The first kappa shape index (κ1) is 19.1. The molecule has 2 N–H and O–H groups in total. The van der Waals surface area contributed by atoms with Gasteiger partial charge in [-0.1, -0.05) is 12.1 Å². The average molecular weight is 374 g/mol. The Kier molecular flexibility index (Phi) is 4.87. The van der Waals surface area contributed by atoms with Crippen molar-refractivity contribution in [1.82, 2.24) is 15.5 Å². The molecule has 1 unspecified atom stereocenters. The molecule has 0 aromatic heterocycles. The summed E-state index contributed by atoms with van der Waals surface area (Å²) in [5.41, 5.74) is -1.90. The summed E-state index contributed by atoms with van der Waals surface area (Å²) in [6, 6.07) is 3.98. The van der Waals surface area contributed by atoms with E-state index in [0.717, 1.165) is 6.07 Å². The van der Waals surface area contributed by atoms with Gasteiger partial charge in [0.15, 0.2) is 0 Å². The van der Waals surface area contributed by atoms with Crippen LogP contribution in [0, 0.1) is 10.1 Å². The van der Waals surface area contributed by atoms with Gasteiger partial charge in [-0.15, -0.1) is 0 Å². The van der Waals surface area contributed by atoms with Crippen LogP contribution in [0.2, 0.25) is 0 Å². The lowest BCUT2D eigenvalue weighted by atomic mass is 9.91. The molecule has 1 aromatic rings. The van der Waals surface area contributed by atoms with Gasteiger partial charge in [-0.2, -0.15) is 13.2 Å². The predicted molar refractivity (Wildman–Crippen MR) is 79.8 cm³/mol. The molecule has 1 saturated heterocycles. The van der Waals surface area contributed by atoms with Crippen LogP contribution in [0.3, 0.4) is 0 Å². The predicted octanol–water partition coefficient (Wildman–Crippen LogP) is 1.04. The number of urea groups is 1. The summed E-state index contributed by atoms with van der Waals surface area (Å²) in [6.07, 6.45) is -4.63. The number of rotatable bonds is 5. The van der Waals surface area contributed by atoms with Gasteiger partial charge in [0, 0.05) is 12.1 Å². The first-order chi connectivity index (χ1) is 11.9. The largest absolute Gasteiger partial charge is 0.405 e. The average Bonchev–Trinajstić information content (AvgIpc) is 2.77. The first-order valence-corrected chi connectivity index (χ1v) is 7.16. The highest BCUT2D eigenvalue weighted by atomic mass is 19.4. The van der Waals surface area contributed by atoms with Crippen LogP contribution >= 0.6 is 0 Å². The van der Waals surface area contributed by atoms with Crippen LogP contribution in [0.15, 0.2) is 24.3 Å². The van der Waals surface area contributed by atoms with Crippen molar-refractivity contribution in [2.75, 3.05) is 13.1 Å². The molecule has 1 aromatic carbocycles. The zero-order valence-electron chi connectivity index (χ0n) is 13.3. The molecule has 9 nitrogen and oxygen atoms in total. The molecule has 0 spiro atoms. The van der Waals surface area contributed by atoms with Crippen LogP contribution < -0.4 is 10.6 Å². The van der Waals surface area contributed by atoms with E-state index in [2.05, 4.69) is 5.32 Å². The van der Waals surface area contributed by atoms with Crippen molar-refractivity contribution in [3.8, 4) is 0 Å². The van der Waals surface area contributed by atoms with Crippen LogP contribution in [0.5, 0.6) is 0 Å². The Balaban J connectivity index is 2.18. The van der Waals surface area contributed by atoms with E-state index in [4.69, 9.17) is 0 Å². The number of alkyl halides is 3. The molecule has 140 valence electrons. The molecule has 0 bridgehead atoms. The number of nitrogens with one attached hydrogen (secondary N) is 2. The van der Waals surface area contributed by atoms with Crippen molar-refractivity contribution in [2.45, 2.75) is 18.6 Å². The number of nitro benzene ring substituents is 1. The van der Waals surface area contributed by atoms with Gasteiger partial charge in [-0.25, -0.2) is 4.79 Å². The minimum Gasteiger partial charge on any atom is -0.345 e. The highest BCUT2D eigenvalue weighted by molar-refractivity contribution is 6.09. The third-order valence-electron chi connectivity index (χ3n) is 3.70. The summed E-state index contributed by atoms with van der Waals surface area (Å²) in [4.78, 5) is 46.7. The Labute approximate surface area is 144 Å². The lowest BCUT2D eigenvalue weighted by molar-refractivity contribution is -0.385. The Bertz CT molecular complexity index is 782. The van der Waals surface area contributed by atoms with Crippen molar-refractivity contribution in [2.24, 2.45) is 0 Å². The number of carbonyl (C=O) groups is 3. The maximum Gasteiger partial charge on any atom is 0.405 e. The highest BCUT2D eigenvalue weighted by Gasteiger charge is 2.50. The molecule has 0 aliphatic carbocycles. The molecule has 1 heterocycles. The number of benzene rings is 1. The standard InChI is InChI=1S/C14H13F3N4O5/c1-13(8-3-2-4-9(5-8)21(25)26)11(23)20(12(24)19-13)6-10(22)18-7-14(15,16)17/h2-5H,6-7H2,1H3,(H,18,22)(H,19,24). The molecule has 2 rings (SSSR count). The monoisotopic (exact) mass is 374 g/mol. The number of halogens is 3. The molecule has 26 heavy (non-hydrogen) atoms. The molecule has 0 saturated carbocycles. The summed E-state index contributed by atoms with van der Waals surface area (Å²) in [5, 5.41) is 14.7. The van der Waals surface area contributed by atoms with Crippen LogP contribution in [0.25, 0.3) is 0 Å². The van der Waals surface area contributed by atoms with Gasteiger partial charge in [0.25, 0.3) is 11.6 Å². The van der Waals surface area contributed by atoms with E-state index < -0.39 is 47.6 Å². The molecule has 1 fully saturated rings. The maximum atomic E-state index is 12.5. The van der Waals surface area contributed by atoms with E-state index >= 15 is 0 Å². The highest BCUT2D eigenvalue weighted by Crippen LogP contribution is 2.30. The molecule has 1 aliphatic heterocycles. The van der Waals surface area contributed by atoms with Gasteiger partial charge >= 0.3 is 12.2 Å². The SMILES string of the molecule is CC1(c2cccc([N+](=O)[O-])c2)NC(=O)N(CC(=O)NCC(F)(F)F)C1=O. The van der Waals surface area contributed by atoms with E-state index in [1.54, 1.807) is 5.32 Å². The maximum absolute atomic E-state index is 12.5. The van der Waals surface area contributed by atoms with Crippen LogP contribution in [-0.4, -0.2) is 46.9 Å². The molecule has 4 amide bonds. The smallest absolute Gasteiger partial charge is 0.345 e. The lowest BCUT2D eigenvalue weighted by Gasteiger charge is -2.22.